The monoisotopic (exact) mass is 314 g/mol. The Kier molecular flexibility index (Phi) is 5.39. The van der Waals surface area contributed by atoms with E-state index in [0.717, 1.165) is 38.2 Å². The van der Waals surface area contributed by atoms with Crippen LogP contribution >= 0.6 is 0 Å². The maximum atomic E-state index is 12.4. The third-order valence-electron chi connectivity index (χ3n) is 4.96. The molecule has 0 unspecified atom stereocenters. The molecule has 2 aliphatic rings. The highest BCUT2D eigenvalue weighted by Gasteiger charge is 2.25. The average molecular weight is 314 g/mol. The van der Waals surface area contributed by atoms with E-state index >= 15 is 0 Å². The lowest BCUT2D eigenvalue weighted by molar-refractivity contribution is -0.126. The molecule has 2 heterocycles. The lowest BCUT2D eigenvalue weighted by Crippen LogP contribution is -2.47. The Morgan fingerprint density at radius 3 is 3.13 bits per heavy atom. The van der Waals surface area contributed by atoms with Gasteiger partial charge in [-0.1, -0.05) is 11.6 Å². The summed E-state index contributed by atoms with van der Waals surface area (Å²) in [5.74, 6) is 0.124. The van der Waals surface area contributed by atoms with Crippen molar-refractivity contribution in [1.82, 2.24) is 20.2 Å². The summed E-state index contributed by atoms with van der Waals surface area (Å²) >= 11 is 0. The lowest BCUT2D eigenvalue weighted by Gasteiger charge is -2.32. The van der Waals surface area contributed by atoms with Crippen LogP contribution in [0.2, 0.25) is 0 Å². The fourth-order valence-electron chi connectivity index (χ4n) is 3.39. The molecule has 5 nitrogen and oxygen atoms in total. The molecule has 1 aromatic rings. The van der Waals surface area contributed by atoms with Crippen molar-refractivity contribution < 1.29 is 4.79 Å². The molecule has 23 heavy (non-hydrogen) atoms. The van der Waals surface area contributed by atoms with Crippen molar-refractivity contribution in [1.29, 1.82) is 0 Å². The summed E-state index contributed by atoms with van der Waals surface area (Å²) in [6.45, 7) is 4.36. The lowest BCUT2D eigenvalue weighted by atomic mass is 9.97. The molecule has 1 aliphatic heterocycles. The Labute approximate surface area is 138 Å². The standard InChI is InChI=1S/C18H26N4O/c1-14(18(23)20-9-7-15-5-3-2-4-6-15)22-10-8-16-11-19-13-21-17(16)12-22/h5,11,13-14H,2-4,6-10,12H2,1H3,(H,20,23)/t14-/m0/s1. The summed E-state index contributed by atoms with van der Waals surface area (Å²) in [7, 11) is 0. The molecule has 1 atom stereocenters. The van der Waals surface area contributed by atoms with Gasteiger partial charge in [0.05, 0.1) is 11.7 Å². The van der Waals surface area contributed by atoms with Gasteiger partial charge >= 0.3 is 0 Å². The first-order valence-corrected chi connectivity index (χ1v) is 8.71. The van der Waals surface area contributed by atoms with Crippen molar-refractivity contribution in [2.24, 2.45) is 0 Å². The van der Waals surface area contributed by atoms with E-state index in [9.17, 15) is 4.79 Å². The van der Waals surface area contributed by atoms with Crippen molar-refractivity contribution in [3.8, 4) is 0 Å². The summed E-state index contributed by atoms with van der Waals surface area (Å²) in [5.41, 5.74) is 3.77. The van der Waals surface area contributed by atoms with E-state index in [1.807, 2.05) is 13.1 Å². The van der Waals surface area contributed by atoms with Crippen molar-refractivity contribution in [3.63, 3.8) is 0 Å². The molecule has 124 valence electrons. The number of aromatic nitrogens is 2. The molecule has 3 rings (SSSR count). The molecule has 1 amide bonds. The minimum atomic E-state index is -0.113. The van der Waals surface area contributed by atoms with E-state index in [-0.39, 0.29) is 11.9 Å². The van der Waals surface area contributed by atoms with Gasteiger partial charge in [0.25, 0.3) is 0 Å². The molecule has 1 aliphatic carbocycles. The van der Waals surface area contributed by atoms with Gasteiger partial charge < -0.3 is 5.32 Å². The first-order chi connectivity index (χ1) is 11.2. The normalized spacial score (nSPS) is 19.6. The highest BCUT2D eigenvalue weighted by atomic mass is 16.2. The molecular weight excluding hydrogens is 288 g/mol. The number of carbonyl (C=O) groups is 1. The van der Waals surface area contributed by atoms with Crippen LogP contribution in [0.3, 0.4) is 0 Å². The quantitative estimate of drug-likeness (QED) is 0.847. The van der Waals surface area contributed by atoms with Crippen LogP contribution in [0.1, 0.15) is 50.3 Å². The summed E-state index contributed by atoms with van der Waals surface area (Å²) in [4.78, 5) is 23.0. The fourth-order valence-corrected chi connectivity index (χ4v) is 3.39. The van der Waals surface area contributed by atoms with Crippen LogP contribution in [0, 0.1) is 0 Å². The van der Waals surface area contributed by atoms with Crippen LogP contribution in [0.5, 0.6) is 0 Å². The number of rotatable bonds is 5. The molecule has 1 aromatic heterocycles. The predicted octanol–water partition coefficient (Wildman–Crippen LogP) is 2.23. The molecule has 1 N–H and O–H groups in total. The third-order valence-corrected chi connectivity index (χ3v) is 4.96. The fraction of sp³-hybridized carbons (Fsp3) is 0.611. The van der Waals surface area contributed by atoms with Crippen molar-refractivity contribution >= 4 is 5.91 Å². The number of amides is 1. The zero-order chi connectivity index (χ0) is 16.1. The summed E-state index contributed by atoms with van der Waals surface area (Å²) in [5, 5.41) is 3.10. The van der Waals surface area contributed by atoms with Crippen LogP contribution in [0.15, 0.2) is 24.2 Å². The Bertz CT molecular complexity index is 584. The molecular formula is C18H26N4O. The SMILES string of the molecule is C[C@@H](C(=O)NCCC1=CCCCC1)N1CCc2cncnc2C1. The Morgan fingerprint density at radius 1 is 1.39 bits per heavy atom. The van der Waals surface area contributed by atoms with Gasteiger partial charge in [0, 0.05) is 25.8 Å². The number of nitrogens with one attached hydrogen (secondary N) is 1. The second-order valence-electron chi connectivity index (χ2n) is 6.54. The topological polar surface area (TPSA) is 58.1 Å². The van der Waals surface area contributed by atoms with E-state index in [1.54, 1.807) is 6.33 Å². The number of carbonyl (C=O) groups excluding carboxylic acids is 1. The second-order valence-corrected chi connectivity index (χ2v) is 6.54. The Balaban J connectivity index is 1.47. The third kappa shape index (κ3) is 4.16. The molecule has 0 fully saturated rings. The van der Waals surface area contributed by atoms with Crippen LogP contribution in [0.25, 0.3) is 0 Å². The van der Waals surface area contributed by atoms with Crippen LogP contribution < -0.4 is 5.32 Å². The van der Waals surface area contributed by atoms with Gasteiger partial charge in [-0.15, -0.1) is 0 Å². The molecule has 0 spiro atoms. The minimum absolute atomic E-state index is 0.113. The van der Waals surface area contributed by atoms with Crippen LogP contribution in [0.4, 0.5) is 0 Å². The number of fused-ring (bicyclic) bond motifs is 1. The van der Waals surface area contributed by atoms with Gasteiger partial charge in [-0.25, -0.2) is 9.97 Å². The molecule has 5 heteroatoms. The molecule has 0 saturated heterocycles. The van der Waals surface area contributed by atoms with Crippen LogP contribution in [-0.4, -0.2) is 39.9 Å². The first kappa shape index (κ1) is 16.1. The summed E-state index contributed by atoms with van der Waals surface area (Å²) in [6.07, 6.45) is 12.8. The van der Waals surface area contributed by atoms with E-state index in [2.05, 4.69) is 26.3 Å². The van der Waals surface area contributed by atoms with E-state index in [1.165, 1.54) is 36.8 Å². The van der Waals surface area contributed by atoms with E-state index in [0.29, 0.717) is 0 Å². The minimum Gasteiger partial charge on any atom is -0.354 e. The zero-order valence-corrected chi connectivity index (χ0v) is 13.9. The highest BCUT2D eigenvalue weighted by molar-refractivity contribution is 5.81. The van der Waals surface area contributed by atoms with E-state index < -0.39 is 0 Å². The maximum Gasteiger partial charge on any atom is 0.237 e. The maximum absolute atomic E-state index is 12.4. The number of hydrogen-bond donors (Lipinski definition) is 1. The highest BCUT2D eigenvalue weighted by Crippen LogP contribution is 2.20. The molecule has 0 aromatic carbocycles. The number of hydrogen-bond acceptors (Lipinski definition) is 4. The van der Waals surface area contributed by atoms with E-state index in [4.69, 9.17) is 0 Å². The molecule has 0 radical (unpaired) electrons. The summed E-state index contributed by atoms with van der Waals surface area (Å²) < 4.78 is 0. The van der Waals surface area contributed by atoms with Crippen molar-refractivity contribution in [3.05, 3.63) is 35.4 Å². The second kappa shape index (κ2) is 7.68. The Hall–Kier alpha value is -1.75. The summed E-state index contributed by atoms with van der Waals surface area (Å²) in [6, 6.07) is -0.113. The largest absolute Gasteiger partial charge is 0.354 e. The zero-order valence-electron chi connectivity index (χ0n) is 13.9. The number of nitrogens with zero attached hydrogens (tertiary/aromatic N) is 3. The van der Waals surface area contributed by atoms with Crippen molar-refractivity contribution in [2.45, 2.75) is 58.0 Å². The van der Waals surface area contributed by atoms with Gasteiger partial charge in [-0.05, 0) is 51.0 Å². The first-order valence-electron chi connectivity index (χ1n) is 8.71. The smallest absolute Gasteiger partial charge is 0.237 e. The Morgan fingerprint density at radius 2 is 2.30 bits per heavy atom. The number of allylic oxidation sites excluding steroid dienone is 1. The van der Waals surface area contributed by atoms with Gasteiger partial charge in [0.1, 0.15) is 6.33 Å². The molecule has 0 saturated carbocycles. The average Bonchev–Trinajstić information content (AvgIpc) is 2.61. The van der Waals surface area contributed by atoms with Crippen molar-refractivity contribution in [2.75, 3.05) is 13.1 Å². The predicted molar refractivity (Wildman–Crippen MR) is 89.8 cm³/mol. The van der Waals surface area contributed by atoms with Gasteiger partial charge in [-0.3, -0.25) is 9.69 Å². The van der Waals surface area contributed by atoms with Crippen LogP contribution in [-0.2, 0) is 17.8 Å². The molecule has 0 bridgehead atoms. The van der Waals surface area contributed by atoms with Gasteiger partial charge in [-0.2, -0.15) is 0 Å². The van der Waals surface area contributed by atoms with Gasteiger partial charge in [0.15, 0.2) is 0 Å². The van der Waals surface area contributed by atoms with Gasteiger partial charge in [0.2, 0.25) is 5.91 Å².